The van der Waals surface area contributed by atoms with Crippen LogP contribution in [0.1, 0.15) is 30.9 Å². The van der Waals surface area contributed by atoms with Gasteiger partial charge in [-0.3, -0.25) is 4.90 Å². The van der Waals surface area contributed by atoms with Gasteiger partial charge in [-0.1, -0.05) is 33.6 Å². The van der Waals surface area contributed by atoms with Crippen molar-refractivity contribution < 1.29 is 0 Å². The van der Waals surface area contributed by atoms with Gasteiger partial charge in [-0.15, -0.1) is 0 Å². The van der Waals surface area contributed by atoms with E-state index in [4.69, 9.17) is 17.3 Å². The highest BCUT2D eigenvalue weighted by atomic mass is 79.9. The Morgan fingerprint density at radius 1 is 1.44 bits per heavy atom. The van der Waals surface area contributed by atoms with Gasteiger partial charge in [0, 0.05) is 34.7 Å². The molecule has 1 heterocycles. The molecule has 3 unspecified atom stereocenters. The first kappa shape index (κ1) is 12.9. The SMILES string of the molecule is NCC(c1ccc(Br)cc1Cl)N1CC2CCC1C2. The number of likely N-dealkylation sites (tertiary alicyclic amines) is 1. The smallest absolute Gasteiger partial charge is 0.0488 e. The Hall–Kier alpha value is -0.0900. The van der Waals surface area contributed by atoms with Gasteiger partial charge >= 0.3 is 0 Å². The Kier molecular flexibility index (Phi) is 3.68. The van der Waals surface area contributed by atoms with E-state index in [1.54, 1.807) is 0 Å². The Labute approximate surface area is 122 Å². The summed E-state index contributed by atoms with van der Waals surface area (Å²) in [6.45, 7) is 1.84. The van der Waals surface area contributed by atoms with Gasteiger partial charge in [0.25, 0.3) is 0 Å². The van der Waals surface area contributed by atoms with Gasteiger partial charge in [-0.25, -0.2) is 0 Å². The minimum atomic E-state index is 0.279. The quantitative estimate of drug-likeness (QED) is 0.918. The summed E-state index contributed by atoms with van der Waals surface area (Å²) in [6, 6.07) is 7.13. The van der Waals surface area contributed by atoms with Crippen LogP contribution in [0.3, 0.4) is 0 Å². The summed E-state index contributed by atoms with van der Waals surface area (Å²) in [7, 11) is 0. The van der Waals surface area contributed by atoms with Crippen LogP contribution < -0.4 is 5.73 Å². The average Bonchev–Trinajstić information content (AvgIpc) is 2.95. The van der Waals surface area contributed by atoms with Crippen LogP contribution in [-0.4, -0.2) is 24.0 Å². The predicted octanol–water partition coefficient (Wildman–Crippen LogP) is 3.59. The number of fused-ring (bicyclic) bond motifs is 2. The molecule has 0 radical (unpaired) electrons. The van der Waals surface area contributed by atoms with Crippen LogP contribution in [0.25, 0.3) is 0 Å². The molecule has 4 heteroatoms. The van der Waals surface area contributed by atoms with Crippen LogP contribution in [0.2, 0.25) is 5.02 Å². The molecule has 3 rings (SSSR count). The van der Waals surface area contributed by atoms with Crippen LogP contribution in [0, 0.1) is 5.92 Å². The highest BCUT2D eigenvalue weighted by Gasteiger charge is 2.41. The van der Waals surface area contributed by atoms with Crippen molar-refractivity contribution in [1.82, 2.24) is 4.90 Å². The molecule has 0 aromatic heterocycles. The molecule has 1 aliphatic carbocycles. The molecule has 1 aromatic rings. The third kappa shape index (κ3) is 2.22. The lowest BCUT2D eigenvalue weighted by atomic mass is 10.0. The zero-order valence-electron chi connectivity index (χ0n) is 10.3. The van der Waals surface area contributed by atoms with Crippen molar-refractivity contribution >= 4 is 27.5 Å². The molecule has 3 atom stereocenters. The van der Waals surface area contributed by atoms with E-state index in [1.165, 1.54) is 31.4 Å². The van der Waals surface area contributed by atoms with Crippen LogP contribution in [0.4, 0.5) is 0 Å². The van der Waals surface area contributed by atoms with Crippen molar-refractivity contribution in [2.45, 2.75) is 31.3 Å². The van der Waals surface area contributed by atoms with E-state index in [9.17, 15) is 0 Å². The third-order valence-corrected chi connectivity index (χ3v) is 5.22. The van der Waals surface area contributed by atoms with Gasteiger partial charge in [-0.05, 0) is 42.9 Å². The molecule has 18 heavy (non-hydrogen) atoms. The molecule has 1 aromatic carbocycles. The monoisotopic (exact) mass is 328 g/mol. The molecule has 1 saturated carbocycles. The topological polar surface area (TPSA) is 29.3 Å². The van der Waals surface area contributed by atoms with Crippen molar-refractivity contribution in [3.05, 3.63) is 33.3 Å². The number of piperidine rings is 1. The lowest BCUT2D eigenvalue weighted by Gasteiger charge is -2.35. The maximum absolute atomic E-state index is 6.37. The van der Waals surface area contributed by atoms with E-state index >= 15 is 0 Å². The van der Waals surface area contributed by atoms with Crippen molar-refractivity contribution in [3.63, 3.8) is 0 Å². The molecule has 1 saturated heterocycles. The Morgan fingerprint density at radius 3 is 2.83 bits per heavy atom. The van der Waals surface area contributed by atoms with Crippen molar-refractivity contribution in [2.75, 3.05) is 13.1 Å². The van der Waals surface area contributed by atoms with Crippen LogP contribution in [0.5, 0.6) is 0 Å². The first-order valence-corrected chi connectivity index (χ1v) is 7.77. The highest BCUT2D eigenvalue weighted by Crippen LogP contribution is 2.43. The molecule has 0 amide bonds. The fourth-order valence-electron chi connectivity index (χ4n) is 3.56. The molecular weight excluding hydrogens is 312 g/mol. The highest BCUT2D eigenvalue weighted by molar-refractivity contribution is 9.10. The van der Waals surface area contributed by atoms with E-state index in [-0.39, 0.29) is 6.04 Å². The largest absolute Gasteiger partial charge is 0.329 e. The summed E-state index contributed by atoms with van der Waals surface area (Å²) in [5.41, 5.74) is 7.19. The number of nitrogens with two attached hydrogens (primary N) is 1. The first-order valence-electron chi connectivity index (χ1n) is 6.60. The minimum Gasteiger partial charge on any atom is -0.329 e. The third-order valence-electron chi connectivity index (χ3n) is 4.40. The van der Waals surface area contributed by atoms with Gasteiger partial charge in [0.05, 0.1) is 0 Å². The predicted molar refractivity (Wildman–Crippen MR) is 78.8 cm³/mol. The molecule has 2 aliphatic rings. The lowest BCUT2D eigenvalue weighted by Crippen LogP contribution is -2.39. The van der Waals surface area contributed by atoms with Crippen molar-refractivity contribution in [2.24, 2.45) is 11.7 Å². The van der Waals surface area contributed by atoms with E-state index in [1.807, 2.05) is 6.07 Å². The average molecular weight is 330 g/mol. The molecule has 0 spiro atoms. The minimum absolute atomic E-state index is 0.279. The molecule has 2 N–H and O–H groups in total. The fraction of sp³-hybridized carbons (Fsp3) is 0.571. The van der Waals surface area contributed by atoms with Gasteiger partial charge in [-0.2, -0.15) is 0 Å². The molecule has 2 fully saturated rings. The van der Waals surface area contributed by atoms with Gasteiger partial charge < -0.3 is 5.73 Å². The summed E-state index contributed by atoms with van der Waals surface area (Å²) in [6.07, 6.45) is 4.08. The second-order valence-corrected chi connectivity index (χ2v) is 6.77. The van der Waals surface area contributed by atoms with Crippen molar-refractivity contribution in [3.8, 4) is 0 Å². The van der Waals surface area contributed by atoms with Gasteiger partial charge in [0.15, 0.2) is 0 Å². The second-order valence-electron chi connectivity index (χ2n) is 5.45. The zero-order valence-corrected chi connectivity index (χ0v) is 12.6. The van der Waals surface area contributed by atoms with E-state index in [2.05, 4.69) is 33.0 Å². The van der Waals surface area contributed by atoms with Crippen molar-refractivity contribution in [1.29, 1.82) is 0 Å². The Balaban J connectivity index is 1.88. The standard InChI is InChI=1S/C14H18BrClN2/c15-10-2-4-12(13(16)6-10)14(7-17)18-8-9-1-3-11(18)5-9/h2,4,6,9,11,14H,1,3,5,7-8,17H2. The summed E-state index contributed by atoms with van der Waals surface area (Å²) < 4.78 is 1.02. The molecular formula is C14H18BrClN2. The number of hydrogen-bond donors (Lipinski definition) is 1. The number of rotatable bonds is 3. The maximum atomic E-state index is 6.37. The van der Waals surface area contributed by atoms with Gasteiger partial charge in [0.1, 0.15) is 0 Å². The number of benzene rings is 1. The lowest BCUT2D eigenvalue weighted by molar-refractivity contribution is 0.153. The van der Waals surface area contributed by atoms with Crippen LogP contribution in [0.15, 0.2) is 22.7 Å². The second kappa shape index (κ2) is 5.12. The summed E-state index contributed by atoms with van der Waals surface area (Å²) in [5.74, 6) is 0.887. The summed E-state index contributed by atoms with van der Waals surface area (Å²) in [5, 5.41) is 0.822. The maximum Gasteiger partial charge on any atom is 0.0488 e. The van der Waals surface area contributed by atoms with Gasteiger partial charge in [0.2, 0.25) is 0 Å². The summed E-state index contributed by atoms with van der Waals surface area (Å²) >= 11 is 9.83. The molecule has 2 nitrogen and oxygen atoms in total. The van der Waals surface area contributed by atoms with E-state index < -0.39 is 0 Å². The molecule has 2 bridgehead atoms. The zero-order chi connectivity index (χ0) is 12.7. The Bertz CT molecular complexity index is 451. The van der Waals surface area contributed by atoms with E-state index in [0.29, 0.717) is 6.54 Å². The molecule has 1 aliphatic heterocycles. The van der Waals surface area contributed by atoms with Crippen LogP contribution >= 0.6 is 27.5 Å². The molecule has 98 valence electrons. The first-order chi connectivity index (χ1) is 8.69. The van der Waals surface area contributed by atoms with E-state index in [0.717, 1.165) is 21.5 Å². The summed E-state index contributed by atoms with van der Waals surface area (Å²) in [4.78, 5) is 2.57. The van der Waals surface area contributed by atoms with Crippen LogP contribution in [-0.2, 0) is 0 Å². The normalized spacial score (nSPS) is 28.8. The number of hydrogen-bond acceptors (Lipinski definition) is 2. The Morgan fingerprint density at radius 2 is 2.28 bits per heavy atom. The fourth-order valence-corrected chi connectivity index (χ4v) is 4.36. The number of nitrogens with zero attached hydrogens (tertiary/aromatic N) is 1. The number of halogens is 2.